The Morgan fingerprint density at radius 3 is 2.74 bits per heavy atom. The van der Waals surface area contributed by atoms with Crippen molar-refractivity contribution >= 4 is 17.0 Å². The summed E-state index contributed by atoms with van der Waals surface area (Å²) in [6, 6.07) is 3.93. The largest absolute Gasteiger partial charge is 0.318 e. The minimum absolute atomic E-state index is 0.193. The monoisotopic (exact) mass is 336 g/mol. The van der Waals surface area contributed by atoms with Crippen LogP contribution in [0.25, 0.3) is 0 Å². The highest BCUT2D eigenvalue weighted by Crippen LogP contribution is 2.37. The van der Waals surface area contributed by atoms with E-state index >= 15 is 0 Å². The second-order valence-corrected chi connectivity index (χ2v) is 7.41. The molecule has 3 atom stereocenters. The van der Waals surface area contributed by atoms with E-state index in [-0.39, 0.29) is 5.69 Å². The zero-order valence-corrected chi connectivity index (χ0v) is 14.5. The molecule has 1 aliphatic rings. The maximum Gasteiger partial charge on any atom is 0.190 e. The zero-order chi connectivity index (χ0) is 16.6. The molecular weight excluding hydrogens is 314 g/mol. The fraction of sp³-hybridized carbons (Fsp3) is 0.500. The van der Waals surface area contributed by atoms with Crippen molar-refractivity contribution in [1.82, 2.24) is 4.57 Å². The van der Waals surface area contributed by atoms with E-state index in [1.807, 2.05) is 0 Å². The molecule has 1 saturated carbocycles. The van der Waals surface area contributed by atoms with Gasteiger partial charge in [-0.3, -0.25) is 0 Å². The van der Waals surface area contributed by atoms with Crippen LogP contribution in [0.4, 0.5) is 14.5 Å². The molecule has 124 valence electrons. The lowest BCUT2D eigenvalue weighted by molar-refractivity contribution is 0.182. The van der Waals surface area contributed by atoms with Crippen LogP contribution in [0.5, 0.6) is 0 Å². The van der Waals surface area contributed by atoms with Crippen LogP contribution in [-0.2, 0) is 0 Å². The number of aromatic nitrogens is 1. The molecule has 1 aromatic heterocycles. The lowest BCUT2D eigenvalue weighted by Gasteiger charge is -2.35. The summed E-state index contributed by atoms with van der Waals surface area (Å²) in [5.41, 5.74) is 1.35. The van der Waals surface area contributed by atoms with Crippen LogP contribution in [0.15, 0.2) is 28.6 Å². The van der Waals surface area contributed by atoms with E-state index in [4.69, 9.17) is 0 Å². The molecule has 0 radical (unpaired) electrons. The van der Waals surface area contributed by atoms with Crippen molar-refractivity contribution in [2.24, 2.45) is 16.8 Å². The molecule has 0 amide bonds. The Labute approximate surface area is 139 Å². The third-order valence-corrected chi connectivity index (χ3v) is 6.00. The fourth-order valence-electron chi connectivity index (χ4n) is 3.48. The average molecular weight is 336 g/mol. The van der Waals surface area contributed by atoms with Gasteiger partial charge in [-0.2, -0.15) is 0 Å². The Balaban J connectivity index is 2.06. The Bertz CT molecular complexity index is 763. The first-order chi connectivity index (χ1) is 11.0. The van der Waals surface area contributed by atoms with Crippen LogP contribution >= 0.6 is 11.3 Å². The molecule has 1 aromatic carbocycles. The van der Waals surface area contributed by atoms with Gasteiger partial charge in [0.1, 0.15) is 11.5 Å². The lowest BCUT2D eigenvalue weighted by atomic mass is 9.78. The van der Waals surface area contributed by atoms with Gasteiger partial charge in [0.15, 0.2) is 10.6 Å². The molecule has 2 aromatic rings. The number of rotatable bonds is 2. The molecular formula is C18H22F2N2S. The summed E-state index contributed by atoms with van der Waals surface area (Å²) in [6.07, 6.45) is 3.60. The summed E-state index contributed by atoms with van der Waals surface area (Å²) in [7, 11) is 0. The van der Waals surface area contributed by atoms with Gasteiger partial charge >= 0.3 is 0 Å². The topological polar surface area (TPSA) is 17.3 Å². The number of aryl methyl sites for hydroxylation is 1. The highest BCUT2D eigenvalue weighted by molar-refractivity contribution is 7.07. The van der Waals surface area contributed by atoms with Crippen LogP contribution in [-0.4, -0.2) is 4.57 Å². The first-order valence-corrected chi connectivity index (χ1v) is 9.01. The minimum atomic E-state index is -0.618. The highest BCUT2D eigenvalue weighted by Gasteiger charge is 2.29. The molecule has 0 aliphatic heterocycles. The zero-order valence-electron chi connectivity index (χ0n) is 13.7. The van der Waals surface area contributed by atoms with Gasteiger partial charge in [-0.25, -0.2) is 13.8 Å². The molecule has 3 rings (SSSR count). The third-order valence-electron chi connectivity index (χ3n) is 5.04. The van der Waals surface area contributed by atoms with Crippen molar-refractivity contribution in [2.75, 3.05) is 0 Å². The third kappa shape index (κ3) is 3.25. The molecule has 1 fully saturated rings. The smallest absolute Gasteiger partial charge is 0.190 e. The normalized spacial score (nSPS) is 25.8. The second-order valence-electron chi connectivity index (χ2n) is 6.57. The van der Waals surface area contributed by atoms with Crippen LogP contribution in [0, 0.1) is 30.4 Å². The van der Waals surface area contributed by atoms with Crippen molar-refractivity contribution in [3.63, 3.8) is 0 Å². The Kier molecular flexibility index (Phi) is 4.67. The van der Waals surface area contributed by atoms with Crippen LogP contribution < -0.4 is 4.80 Å². The summed E-state index contributed by atoms with van der Waals surface area (Å²) in [5.74, 6) is 0.0455. The van der Waals surface area contributed by atoms with Crippen molar-refractivity contribution in [2.45, 2.75) is 46.1 Å². The molecule has 5 heteroatoms. The van der Waals surface area contributed by atoms with E-state index in [2.05, 4.69) is 35.7 Å². The van der Waals surface area contributed by atoms with Gasteiger partial charge in [-0.15, -0.1) is 11.3 Å². The number of halogens is 2. The van der Waals surface area contributed by atoms with E-state index in [1.54, 1.807) is 0 Å². The van der Waals surface area contributed by atoms with Gasteiger partial charge in [0.2, 0.25) is 0 Å². The molecule has 0 N–H and O–H groups in total. The molecule has 2 nitrogen and oxygen atoms in total. The van der Waals surface area contributed by atoms with E-state index in [1.165, 1.54) is 36.3 Å². The van der Waals surface area contributed by atoms with Crippen molar-refractivity contribution in [1.29, 1.82) is 0 Å². The molecule has 0 bridgehead atoms. The summed E-state index contributed by atoms with van der Waals surface area (Å²) >= 11 is 1.52. The van der Waals surface area contributed by atoms with E-state index in [0.29, 0.717) is 17.9 Å². The van der Waals surface area contributed by atoms with E-state index in [0.717, 1.165) is 23.0 Å². The average Bonchev–Trinajstić information content (AvgIpc) is 2.86. The molecule has 23 heavy (non-hydrogen) atoms. The van der Waals surface area contributed by atoms with Crippen molar-refractivity contribution < 1.29 is 8.78 Å². The Hall–Kier alpha value is -1.49. The van der Waals surface area contributed by atoms with Crippen LogP contribution in [0.3, 0.4) is 0 Å². The Morgan fingerprint density at radius 2 is 2.00 bits per heavy atom. The van der Waals surface area contributed by atoms with Gasteiger partial charge in [0.05, 0.1) is 0 Å². The summed E-state index contributed by atoms with van der Waals surface area (Å²) in [5, 5.41) is 2.06. The van der Waals surface area contributed by atoms with E-state index < -0.39 is 11.6 Å². The molecule has 0 saturated heterocycles. The maximum absolute atomic E-state index is 13.9. The quantitative estimate of drug-likeness (QED) is 0.702. The van der Waals surface area contributed by atoms with Gasteiger partial charge in [-0.1, -0.05) is 26.7 Å². The standard InChI is InChI=1S/C18H22F2N2S/c1-11-5-4-6-17(13(11)3)22-12(2)10-23-18(22)21-16-8-7-14(19)9-15(16)20/h7-11,13,17H,4-6H2,1-3H3. The SMILES string of the molecule is Cc1csc(=Nc2ccc(F)cc2F)n1C1CCCC(C)C1C. The van der Waals surface area contributed by atoms with Gasteiger partial charge < -0.3 is 4.57 Å². The molecule has 0 spiro atoms. The summed E-state index contributed by atoms with van der Waals surface area (Å²) in [6.45, 7) is 6.67. The maximum atomic E-state index is 13.9. The van der Waals surface area contributed by atoms with Gasteiger partial charge in [0, 0.05) is 23.2 Å². The lowest BCUT2D eigenvalue weighted by Crippen LogP contribution is -2.32. The van der Waals surface area contributed by atoms with Gasteiger partial charge in [0.25, 0.3) is 0 Å². The van der Waals surface area contributed by atoms with Crippen molar-refractivity contribution in [3.05, 3.63) is 45.7 Å². The van der Waals surface area contributed by atoms with Crippen LogP contribution in [0.2, 0.25) is 0 Å². The first-order valence-electron chi connectivity index (χ1n) is 8.13. The molecule has 1 heterocycles. The summed E-state index contributed by atoms with van der Waals surface area (Å²) in [4.78, 5) is 5.27. The highest BCUT2D eigenvalue weighted by atomic mass is 32.1. The predicted octanol–water partition coefficient (Wildman–Crippen LogP) is 5.37. The molecule has 1 aliphatic carbocycles. The number of hydrogen-bond donors (Lipinski definition) is 0. The summed E-state index contributed by atoms with van der Waals surface area (Å²) < 4.78 is 29.2. The first kappa shape index (κ1) is 16.4. The number of hydrogen-bond acceptors (Lipinski definition) is 2. The Morgan fingerprint density at radius 1 is 1.22 bits per heavy atom. The fourth-order valence-corrected chi connectivity index (χ4v) is 4.41. The number of thiazole rings is 1. The number of nitrogens with zero attached hydrogens (tertiary/aromatic N) is 2. The van der Waals surface area contributed by atoms with Crippen LogP contribution in [0.1, 0.15) is 44.8 Å². The van der Waals surface area contributed by atoms with E-state index in [9.17, 15) is 8.78 Å². The van der Waals surface area contributed by atoms with Gasteiger partial charge in [-0.05, 0) is 37.3 Å². The predicted molar refractivity (Wildman–Crippen MR) is 89.8 cm³/mol. The van der Waals surface area contributed by atoms with Crippen molar-refractivity contribution in [3.8, 4) is 0 Å². The second kappa shape index (κ2) is 6.56. The minimum Gasteiger partial charge on any atom is -0.318 e. The number of benzene rings is 1. The molecule has 3 unspecified atom stereocenters.